The summed E-state index contributed by atoms with van der Waals surface area (Å²) >= 11 is 0. The molecule has 0 saturated heterocycles. The van der Waals surface area contributed by atoms with E-state index in [4.69, 9.17) is 0 Å². The molecule has 1 atom stereocenters. The summed E-state index contributed by atoms with van der Waals surface area (Å²) in [7, 11) is 4.06. The molecule has 0 spiro atoms. The Bertz CT molecular complexity index is 233. The summed E-state index contributed by atoms with van der Waals surface area (Å²) in [6.45, 7) is 3.93. The number of amides is 1. The largest absolute Gasteiger partial charge is 0.393 e. The number of hydrogen-bond donors (Lipinski definition) is 2. The molecule has 0 bridgehead atoms. The van der Waals surface area contributed by atoms with Crippen molar-refractivity contribution in [3.8, 4) is 0 Å². The first-order valence-corrected chi connectivity index (χ1v) is 8.15. The zero-order chi connectivity index (χ0) is 15.2. The summed E-state index contributed by atoms with van der Waals surface area (Å²) in [5.74, 6) is 0.113. The molecular weight excluding hydrogens is 252 g/mol. The van der Waals surface area contributed by atoms with Gasteiger partial charge in [0.1, 0.15) is 0 Å². The van der Waals surface area contributed by atoms with E-state index in [9.17, 15) is 9.90 Å². The van der Waals surface area contributed by atoms with Crippen LogP contribution >= 0.6 is 0 Å². The summed E-state index contributed by atoms with van der Waals surface area (Å²) < 4.78 is 0. The summed E-state index contributed by atoms with van der Waals surface area (Å²) in [5, 5.41) is 12.7. The molecule has 1 amide bonds. The van der Waals surface area contributed by atoms with Crippen LogP contribution in [0.5, 0.6) is 0 Å². The molecule has 20 heavy (non-hydrogen) atoms. The van der Waals surface area contributed by atoms with Crippen LogP contribution in [-0.2, 0) is 4.79 Å². The highest BCUT2D eigenvalue weighted by Crippen LogP contribution is 2.10. The molecule has 0 fully saturated rings. The first-order valence-electron chi connectivity index (χ1n) is 8.15. The van der Waals surface area contributed by atoms with Crippen molar-refractivity contribution >= 4 is 5.91 Å². The van der Waals surface area contributed by atoms with Gasteiger partial charge in [0.25, 0.3) is 0 Å². The Balaban J connectivity index is 3.37. The molecule has 0 aliphatic rings. The first kappa shape index (κ1) is 19.4. The monoisotopic (exact) mass is 286 g/mol. The topological polar surface area (TPSA) is 52.6 Å². The summed E-state index contributed by atoms with van der Waals surface area (Å²) in [4.78, 5) is 13.7. The van der Waals surface area contributed by atoms with E-state index in [1.54, 1.807) is 0 Å². The molecule has 4 nitrogen and oxygen atoms in total. The number of carbonyl (C=O) groups excluding carboxylic acids is 1. The normalized spacial score (nSPS) is 12.7. The van der Waals surface area contributed by atoms with Gasteiger partial charge >= 0.3 is 0 Å². The SMILES string of the molecule is CCCCCCC(O)CCCC(=O)NCCCN(C)C. The van der Waals surface area contributed by atoms with E-state index in [-0.39, 0.29) is 12.0 Å². The third-order valence-electron chi connectivity index (χ3n) is 3.44. The minimum Gasteiger partial charge on any atom is -0.393 e. The van der Waals surface area contributed by atoms with E-state index in [1.165, 1.54) is 19.3 Å². The van der Waals surface area contributed by atoms with Gasteiger partial charge in [-0.25, -0.2) is 0 Å². The highest BCUT2D eigenvalue weighted by molar-refractivity contribution is 5.75. The van der Waals surface area contributed by atoms with E-state index >= 15 is 0 Å². The van der Waals surface area contributed by atoms with Crippen LogP contribution in [-0.4, -0.2) is 49.2 Å². The summed E-state index contributed by atoms with van der Waals surface area (Å²) in [6.07, 6.45) is 8.49. The molecule has 1 unspecified atom stereocenters. The van der Waals surface area contributed by atoms with Gasteiger partial charge in [0.2, 0.25) is 5.91 Å². The zero-order valence-corrected chi connectivity index (χ0v) is 13.7. The molecule has 0 aliphatic carbocycles. The molecule has 120 valence electrons. The molecule has 4 heteroatoms. The lowest BCUT2D eigenvalue weighted by Gasteiger charge is -2.11. The number of hydrogen-bond acceptors (Lipinski definition) is 3. The van der Waals surface area contributed by atoms with E-state index in [0.29, 0.717) is 6.42 Å². The van der Waals surface area contributed by atoms with Crippen LogP contribution in [0.1, 0.15) is 64.7 Å². The van der Waals surface area contributed by atoms with Crippen molar-refractivity contribution in [2.75, 3.05) is 27.2 Å². The van der Waals surface area contributed by atoms with Crippen molar-refractivity contribution in [3.63, 3.8) is 0 Å². The summed E-state index contributed by atoms with van der Waals surface area (Å²) in [5.41, 5.74) is 0. The smallest absolute Gasteiger partial charge is 0.219 e. The van der Waals surface area contributed by atoms with Crippen LogP contribution in [0.2, 0.25) is 0 Å². The maximum atomic E-state index is 11.6. The second kappa shape index (κ2) is 13.4. The second-order valence-corrected chi connectivity index (χ2v) is 5.90. The predicted molar refractivity (Wildman–Crippen MR) is 84.8 cm³/mol. The highest BCUT2D eigenvalue weighted by Gasteiger charge is 2.06. The summed E-state index contributed by atoms with van der Waals surface area (Å²) in [6, 6.07) is 0. The number of nitrogens with zero attached hydrogens (tertiary/aromatic N) is 1. The lowest BCUT2D eigenvalue weighted by molar-refractivity contribution is -0.121. The molecule has 0 radical (unpaired) electrons. The Morgan fingerprint density at radius 1 is 1.10 bits per heavy atom. The van der Waals surface area contributed by atoms with Crippen LogP contribution in [0.3, 0.4) is 0 Å². The van der Waals surface area contributed by atoms with Gasteiger partial charge in [0.05, 0.1) is 6.10 Å². The van der Waals surface area contributed by atoms with Gasteiger partial charge in [-0.15, -0.1) is 0 Å². The van der Waals surface area contributed by atoms with Crippen molar-refractivity contribution in [3.05, 3.63) is 0 Å². The molecule has 0 aromatic carbocycles. The van der Waals surface area contributed by atoms with Crippen molar-refractivity contribution in [1.29, 1.82) is 0 Å². The fourth-order valence-corrected chi connectivity index (χ4v) is 2.16. The van der Waals surface area contributed by atoms with E-state index in [0.717, 1.165) is 45.2 Å². The maximum Gasteiger partial charge on any atom is 0.219 e. The first-order chi connectivity index (χ1) is 9.56. The van der Waals surface area contributed by atoms with Crippen LogP contribution in [0.25, 0.3) is 0 Å². The van der Waals surface area contributed by atoms with Crippen LogP contribution in [0.15, 0.2) is 0 Å². The number of aliphatic hydroxyl groups excluding tert-OH is 1. The number of carbonyl (C=O) groups is 1. The second-order valence-electron chi connectivity index (χ2n) is 5.90. The minimum atomic E-state index is -0.228. The van der Waals surface area contributed by atoms with Gasteiger partial charge in [-0.2, -0.15) is 0 Å². The molecule has 2 N–H and O–H groups in total. The molecule has 0 aromatic heterocycles. The zero-order valence-electron chi connectivity index (χ0n) is 13.7. The van der Waals surface area contributed by atoms with Gasteiger partial charge in [-0.1, -0.05) is 32.6 Å². The van der Waals surface area contributed by atoms with Crippen molar-refractivity contribution in [1.82, 2.24) is 10.2 Å². The Kier molecular flexibility index (Phi) is 13.0. The number of nitrogens with one attached hydrogen (secondary N) is 1. The third-order valence-corrected chi connectivity index (χ3v) is 3.44. The fourth-order valence-electron chi connectivity index (χ4n) is 2.16. The number of aliphatic hydroxyl groups is 1. The van der Waals surface area contributed by atoms with Crippen molar-refractivity contribution in [2.45, 2.75) is 70.8 Å². The van der Waals surface area contributed by atoms with E-state index < -0.39 is 0 Å². The average Bonchev–Trinajstić information content (AvgIpc) is 2.39. The van der Waals surface area contributed by atoms with Crippen LogP contribution in [0.4, 0.5) is 0 Å². The van der Waals surface area contributed by atoms with Gasteiger partial charge in [-0.3, -0.25) is 4.79 Å². The molecule has 0 aliphatic heterocycles. The number of unbranched alkanes of at least 4 members (excludes halogenated alkanes) is 3. The fraction of sp³-hybridized carbons (Fsp3) is 0.938. The minimum absolute atomic E-state index is 0.113. The van der Waals surface area contributed by atoms with Crippen molar-refractivity contribution < 1.29 is 9.90 Å². The third kappa shape index (κ3) is 13.8. The Hall–Kier alpha value is -0.610. The molecule has 0 aromatic rings. The maximum absolute atomic E-state index is 11.6. The van der Waals surface area contributed by atoms with Crippen LogP contribution < -0.4 is 5.32 Å². The predicted octanol–water partition coefficient (Wildman–Crippen LogP) is 2.56. The molecule has 0 saturated carbocycles. The average molecular weight is 286 g/mol. The Morgan fingerprint density at radius 3 is 2.45 bits per heavy atom. The van der Waals surface area contributed by atoms with E-state index in [2.05, 4.69) is 17.1 Å². The Morgan fingerprint density at radius 2 is 1.80 bits per heavy atom. The van der Waals surface area contributed by atoms with Gasteiger partial charge in [-0.05, 0) is 46.3 Å². The van der Waals surface area contributed by atoms with Crippen LogP contribution in [0, 0.1) is 0 Å². The molecule has 0 rings (SSSR count). The highest BCUT2D eigenvalue weighted by atomic mass is 16.3. The van der Waals surface area contributed by atoms with Crippen molar-refractivity contribution in [2.24, 2.45) is 0 Å². The standard InChI is InChI=1S/C16H34N2O2/c1-4-5-6-7-10-15(19)11-8-12-16(20)17-13-9-14-18(2)3/h15,19H,4-14H2,1-3H3,(H,17,20). The van der Waals surface area contributed by atoms with Gasteiger partial charge < -0.3 is 15.3 Å². The van der Waals surface area contributed by atoms with Gasteiger partial charge in [0, 0.05) is 13.0 Å². The van der Waals surface area contributed by atoms with Gasteiger partial charge in [0.15, 0.2) is 0 Å². The Labute approximate surface area is 124 Å². The quantitative estimate of drug-likeness (QED) is 0.512. The number of rotatable bonds is 13. The lowest BCUT2D eigenvalue weighted by atomic mass is 10.0. The molecule has 0 heterocycles. The lowest BCUT2D eigenvalue weighted by Crippen LogP contribution is -2.27. The van der Waals surface area contributed by atoms with E-state index in [1.807, 2.05) is 14.1 Å². The molecular formula is C16H34N2O2.